The lowest BCUT2D eigenvalue weighted by Crippen LogP contribution is -1.98. The molecule has 0 amide bonds. The molecule has 1 aromatic rings. The van der Waals surface area contributed by atoms with Crippen LogP contribution in [0.1, 0.15) is 17.6 Å². The Morgan fingerprint density at radius 2 is 2.23 bits per heavy atom. The van der Waals surface area contributed by atoms with Gasteiger partial charge in [-0.25, -0.2) is 13.8 Å². The third-order valence-corrected chi connectivity index (χ3v) is 2.70. The molecule has 0 unspecified atom stereocenters. The molecule has 0 fully saturated rings. The van der Waals surface area contributed by atoms with Gasteiger partial charge in [-0.3, -0.25) is 0 Å². The number of hydrogen-bond donors (Lipinski definition) is 1. The van der Waals surface area contributed by atoms with Crippen LogP contribution < -0.4 is 0 Å². The van der Waals surface area contributed by atoms with Crippen molar-refractivity contribution < 1.29 is 13.9 Å². The van der Waals surface area contributed by atoms with Gasteiger partial charge in [-0.2, -0.15) is 0 Å². The smallest absolute Gasteiger partial charge is 0.267 e. The molecule has 0 spiro atoms. The molecule has 1 aromatic heterocycles. The summed E-state index contributed by atoms with van der Waals surface area (Å²) in [6.45, 7) is 0. The summed E-state index contributed by atoms with van der Waals surface area (Å²) in [5.74, 6) is -0.592. The van der Waals surface area contributed by atoms with E-state index in [-0.39, 0.29) is 11.4 Å². The topological polar surface area (TPSA) is 33.1 Å². The van der Waals surface area contributed by atoms with Crippen molar-refractivity contribution in [2.24, 2.45) is 0 Å². The molecule has 0 aliphatic rings. The standard InChI is InChI=1S/C7H5ClF2INO/c8-1-3-5(6(9)10)4(13)2-12-7(3)11/h2,6,13H,1H2. The molecule has 0 aliphatic carbocycles. The normalized spacial score (nSPS) is 10.8. The zero-order valence-electron chi connectivity index (χ0n) is 6.27. The highest BCUT2D eigenvalue weighted by molar-refractivity contribution is 14.1. The van der Waals surface area contributed by atoms with Gasteiger partial charge in [-0.05, 0) is 22.6 Å². The Balaban J connectivity index is 3.35. The third kappa shape index (κ3) is 2.19. The molecule has 72 valence electrons. The maximum absolute atomic E-state index is 12.4. The average molecular weight is 319 g/mol. The van der Waals surface area contributed by atoms with Gasteiger partial charge in [0.1, 0.15) is 9.45 Å². The van der Waals surface area contributed by atoms with E-state index in [1.807, 2.05) is 0 Å². The van der Waals surface area contributed by atoms with Gasteiger partial charge in [-0.15, -0.1) is 11.6 Å². The lowest BCUT2D eigenvalue weighted by atomic mass is 10.1. The zero-order chi connectivity index (χ0) is 10.0. The highest BCUT2D eigenvalue weighted by Gasteiger charge is 2.20. The number of rotatable bonds is 2. The van der Waals surface area contributed by atoms with Crippen molar-refractivity contribution in [1.29, 1.82) is 0 Å². The Hall–Kier alpha value is -0.170. The Kier molecular flexibility index (Phi) is 3.66. The Bertz CT molecular complexity index is 322. The molecule has 0 bridgehead atoms. The summed E-state index contributed by atoms with van der Waals surface area (Å²) in [6.07, 6.45) is -1.73. The van der Waals surface area contributed by atoms with Crippen LogP contribution in [-0.2, 0) is 5.88 Å². The number of aromatic hydroxyl groups is 1. The fourth-order valence-corrected chi connectivity index (χ4v) is 2.02. The number of aromatic nitrogens is 1. The van der Waals surface area contributed by atoms with Crippen LogP contribution in [0.5, 0.6) is 5.75 Å². The molecule has 0 saturated heterocycles. The summed E-state index contributed by atoms with van der Waals surface area (Å²) >= 11 is 7.26. The summed E-state index contributed by atoms with van der Waals surface area (Å²) in [7, 11) is 0. The molecule has 6 heteroatoms. The first kappa shape index (κ1) is 10.9. The second kappa shape index (κ2) is 4.36. The Morgan fingerprint density at radius 1 is 1.62 bits per heavy atom. The van der Waals surface area contributed by atoms with Crippen molar-refractivity contribution in [3.63, 3.8) is 0 Å². The molecule has 1 rings (SSSR count). The van der Waals surface area contributed by atoms with Crippen molar-refractivity contribution in [3.8, 4) is 5.75 Å². The average Bonchev–Trinajstić information content (AvgIpc) is 2.07. The van der Waals surface area contributed by atoms with Crippen LogP contribution in [0.15, 0.2) is 6.20 Å². The van der Waals surface area contributed by atoms with Crippen LogP contribution in [0.4, 0.5) is 8.78 Å². The fraction of sp³-hybridized carbons (Fsp3) is 0.286. The van der Waals surface area contributed by atoms with Gasteiger partial charge in [0.05, 0.1) is 17.6 Å². The van der Waals surface area contributed by atoms with E-state index in [2.05, 4.69) is 4.98 Å². The van der Waals surface area contributed by atoms with Gasteiger partial charge in [0.15, 0.2) is 0 Å². The van der Waals surface area contributed by atoms with Crippen LogP contribution in [0.25, 0.3) is 0 Å². The predicted octanol–water partition coefficient (Wildman–Crippen LogP) is 3.07. The van der Waals surface area contributed by atoms with Gasteiger partial charge >= 0.3 is 0 Å². The molecule has 0 aromatic carbocycles. The van der Waals surface area contributed by atoms with E-state index in [1.165, 1.54) is 0 Å². The summed E-state index contributed by atoms with van der Waals surface area (Å²) in [5, 5.41) is 9.11. The van der Waals surface area contributed by atoms with E-state index in [4.69, 9.17) is 16.7 Å². The zero-order valence-corrected chi connectivity index (χ0v) is 9.18. The van der Waals surface area contributed by atoms with Gasteiger partial charge in [0.2, 0.25) is 0 Å². The van der Waals surface area contributed by atoms with Crippen molar-refractivity contribution in [3.05, 3.63) is 21.0 Å². The second-order valence-corrected chi connectivity index (χ2v) is 3.55. The highest BCUT2D eigenvalue weighted by Crippen LogP contribution is 2.33. The van der Waals surface area contributed by atoms with Crippen molar-refractivity contribution in [1.82, 2.24) is 4.98 Å². The van der Waals surface area contributed by atoms with Crippen LogP contribution in [0, 0.1) is 3.70 Å². The van der Waals surface area contributed by atoms with Crippen LogP contribution in [-0.4, -0.2) is 10.1 Å². The minimum atomic E-state index is -2.73. The van der Waals surface area contributed by atoms with E-state index in [1.54, 1.807) is 22.6 Å². The molecule has 13 heavy (non-hydrogen) atoms. The summed E-state index contributed by atoms with van der Waals surface area (Å²) in [6, 6.07) is 0. The van der Waals surface area contributed by atoms with Gasteiger partial charge in [0.25, 0.3) is 6.43 Å². The SMILES string of the molecule is Oc1cnc(I)c(CCl)c1C(F)F. The van der Waals surface area contributed by atoms with Gasteiger partial charge in [0, 0.05) is 5.56 Å². The van der Waals surface area contributed by atoms with E-state index < -0.39 is 17.7 Å². The van der Waals surface area contributed by atoms with Crippen molar-refractivity contribution in [2.75, 3.05) is 0 Å². The number of alkyl halides is 3. The number of halogens is 4. The quantitative estimate of drug-likeness (QED) is 0.516. The maximum Gasteiger partial charge on any atom is 0.267 e. The fourth-order valence-electron chi connectivity index (χ4n) is 0.902. The van der Waals surface area contributed by atoms with Crippen molar-refractivity contribution in [2.45, 2.75) is 12.3 Å². The first-order valence-corrected chi connectivity index (χ1v) is 4.89. The van der Waals surface area contributed by atoms with Crippen LogP contribution in [0.2, 0.25) is 0 Å². The molecule has 2 nitrogen and oxygen atoms in total. The van der Waals surface area contributed by atoms with Crippen LogP contribution in [0.3, 0.4) is 0 Å². The first-order valence-electron chi connectivity index (χ1n) is 3.28. The lowest BCUT2D eigenvalue weighted by molar-refractivity contribution is 0.146. The van der Waals surface area contributed by atoms with E-state index in [0.717, 1.165) is 6.20 Å². The second-order valence-electron chi connectivity index (χ2n) is 2.26. The predicted molar refractivity (Wildman–Crippen MR) is 53.1 cm³/mol. The highest BCUT2D eigenvalue weighted by atomic mass is 127. The summed E-state index contributed by atoms with van der Waals surface area (Å²) < 4.78 is 25.2. The van der Waals surface area contributed by atoms with E-state index >= 15 is 0 Å². The Morgan fingerprint density at radius 3 is 2.62 bits per heavy atom. The van der Waals surface area contributed by atoms with E-state index in [9.17, 15) is 8.78 Å². The number of hydrogen-bond acceptors (Lipinski definition) is 2. The number of pyridine rings is 1. The van der Waals surface area contributed by atoms with E-state index in [0.29, 0.717) is 3.70 Å². The summed E-state index contributed by atoms with van der Waals surface area (Å²) in [4.78, 5) is 3.71. The molecular formula is C7H5ClF2INO. The minimum absolute atomic E-state index is 0.0840. The van der Waals surface area contributed by atoms with Crippen molar-refractivity contribution >= 4 is 34.2 Å². The minimum Gasteiger partial charge on any atom is -0.506 e. The first-order chi connectivity index (χ1) is 6.07. The molecule has 0 saturated carbocycles. The lowest BCUT2D eigenvalue weighted by Gasteiger charge is -2.09. The number of nitrogens with zero attached hydrogens (tertiary/aromatic N) is 1. The Labute approximate surface area is 92.1 Å². The molecule has 0 aliphatic heterocycles. The monoisotopic (exact) mass is 319 g/mol. The molecule has 0 atom stereocenters. The maximum atomic E-state index is 12.4. The third-order valence-electron chi connectivity index (χ3n) is 1.50. The molecule has 1 N–H and O–H groups in total. The molecule has 0 radical (unpaired) electrons. The molecular weight excluding hydrogens is 314 g/mol. The van der Waals surface area contributed by atoms with Crippen LogP contribution >= 0.6 is 34.2 Å². The summed E-state index contributed by atoms with van der Waals surface area (Å²) in [5.41, 5.74) is -0.230. The van der Waals surface area contributed by atoms with Gasteiger partial charge in [-0.1, -0.05) is 0 Å². The van der Waals surface area contributed by atoms with Gasteiger partial charge < -0.3 is 5.11 Å². The largest absolute Gasteiger partial charge is 0.506 e. The molecule has 1 heterocycles.